The number of halogens is 2. The van der Waals surface area contributed by atoms with Crippen LogP contribution in [-0.4, -0.2) is 33.3 Å². The maximum atomic E-state index is 13.7. The van der Waals surface area contributed by atoms with Gasteiger partial charge in [0.15, 0.2) is 0 Å². The summed E-state index contributed by atoms with van der Waals surface area (Å²) in [5.41, 5.74) is 1.41. The number of ether oxygens (including phenoxy) is 1. The maximum absolute atomic E-state index is 13.7. The van der Waals surface area contributed by atoms with Gasteiger partial charge < -0.3 is 15.2 Å². The van der Waals surface area contributed by atoms with E-state index < -0.39 is 10.7 Å². The maximum Gasteiger partial charge on any atom is 0.302 e. The number of thioether (sulfide) groups is 1. The molecule has 0 bridgehead atoms. The lowest BCUT2D eigenvalue weighted by Crippen LogP contribution is -2.28. The van der Waals surface area contributed by atoms with E-state index in [9.17, 15) is 18.7 Å². The van der Waals surface area contributed by atoms with Crippen LogP contribution in [0.15, 0.2) is 53.6 Å². The van der Waals surface area contributed by atoms with Gasteiger partial charge in [-0.05, 0) is 48.2 Å². The van der Waals surface area contributed by atoms with E-state index >= 15 is 0 Å². The summed E-state index contributed by atoms with van der Waals surface area (Å²) in [7, 11) is 1.51. The number of hydrogen-bond donors (Lipinski definition) is 2. The van der Waals surface area contributed by atoms with E-state index in [-0.39, 0.29) is 29.6 Å². The van der Waals surface area contributed by atoms with Gasteiger partial charge in [-0.1, -0.05) is 23.9 Å². The lowest BCUT2D eigenvalue weighted by Gasteiger charge is -2.17. The molecule has 2 aliphatic rings. The Balaban J connectivity index is 1.38. The van der Waals surface area contributed by atoms with Crippen molar-refractivity contribution in [2.75, 3.05) is 12.4 Å². The molecule has 3 aromatic rings. The second-order valence-electron chi connectivity index (χ2n) is 7.93. The van der Waals surface area contributed by atoms with Crippen LogP contribution >= 0.6 is 11.8 Å². The molecule has 0 atom stereocenters. The first-order valence-electron chi connectivity index (χ1n) is 10.0. The van der Waals surface area contributed by atoms with Crippen molar-refractivity contribution in [3.8, 4) is 22.9 Å². The van der Waals surface area contributed by atoms with Crippen molar-refractivity contribution in [1.82, 2.24) is 9.97 Å². The highest BCUT2D eigenvalue weighted by Gasteiger charge is 2.52. The van der Waals surface area contributed by atoms with Gasteiger partial charge in [-0.15, -0.1) is 0 Å². The van der Waals surface area contributed by atoms with Gasteiger partial charge in [0.2, 0.25) is 11.8 Å². The smallest absolute Gasteiger partial charge is 0.302 e. The van der Waals surface area contributed by atoms with E-state index in [2.05, 4.69) is 15.3 Å². The number of carbonyl (C=O) groups excluding carboxylic acids is 1. The standard InChI is InChI=1S/C23H19F2N3O3S/c1-31-19-7-2-13(12-26-19)20-16(29)4-6-18(27-20)28-21(30)22(8-9-22)15-3-5-17-14(10-15)11-23(24,25)32-17/h2-7,10,12,29H,8-9,11H2,1H3,(H,27,28,30). The molecule has 9 heteroatoms. The van der Waals surface area contributed by atoms with E-state index in [1.54, 1.807) is 30.3 Å². The molecule has 1 amide bonds. The molecule has 6 nitrogen and oxygen atoms in total. The fourth-order valence-corrected chi connectivity index (χ4v) is 4.86. The molecule has 0 unspecified atom stereocenters. The number of pyridine rings is 2. The normalized spacial score (nSPS) is 17.5. The summed E-state index contributed by atoms with van der Waals surface area (Å²) in [4.78, 5) is 22.2. The van der Waals surface area contributed by atoms with Gasteiger partial charge in [-0.2, -0.15) is 8.78 Å². The Labute approximate surface area is 187 Å². The van der Waals surface area contributed by atoms with Gasteiger partial charge in [0.05, 0.1) is 12.5 Å². The van der Waals surface area contributed by atoms with Crippen LogP contribution in [0, 0.1) is 0 Å². The number of carbonyl (C=O) groups is 1. The van der Waals surface area contributed by atoms with Crippen LogP contribution < -0.4 is 10.1 Å². The Hall–Kier alpha value is -3.20. The van der Waals surface area contributed by atoms with Crippen molar-refractivity contribution in [2.24, 2.45) is 0 Å². The highest BCUT2D eigenvalue weighted by molar-refractivity contribution is 8.00. The Morgan fingerprint density at radius 3 is 2.69 bits per heavy atom. The molecule has 1 aliphatic carbocycles. The molecule has 0 saturated heterocycles. The minimum atomic E-state index is -2.80. The highest BCUT2D eigenvalue weighted by Crippen LogP contribution is 2.53. The summed E-state index contributed by atoms with van der Waals surface area (Å²) < 4.78 is 32.5. The zero-order valence-corrected chi connectivity index (χ0v) is 17.9. The lowest BCUT2D eigenvalue weighted by molar-refractivity contribution is -0.118. The van der Waals surface area contributed by atoms with E-state index in [0.29, 0.717) is 46.5 Å². The fraction of sp³-hybridized carbons (Fsp3) is 0.261. The van der Waals surface area contributed by atoms with Crippen molar-refractivity contribution in [2.45, 2.75) is 34.8 Å². The molecule has 32 heavy (non-hydrogen) atoms. The number of benzene rings is 1. The van der Waals surface area contributed by atoms with Crippen molar-refractivity contribution in [3.63, 3.8) is 0 Å². The van der Waals surface area contributed by atoms with E-state index in [4.69, 9.17) is 4.74 Å². The van der Waals surface area contributed by atoms with Gasteiger partial charge in [0.25, 0.3) is 0 Å². The fourth-order valence-electron chi connectivity index (χ4n) is 3.92. The Morgan fingerprint density at radius 2 is 2.00 bits per heavy atom. The van der Waals surface area contributed by atoms with E-state index in [1.807, 2.05) is 0 Å². The topological polar surface area (TPSA) is 84.3 Å². The van der Waals surface area contributed by atoms with Crippen LogP contribution in [0.5, 0.6) is 11.6 Å². The summed E-state index contributed by atoms with van der Waals surface area (Å²) in [6, 6.07) is 11.5. The number of aromatic nitrogens is 2. The van der Waals surface area contributed by atoms with Crippen molar-refractivity contribution >= 4 is 23.5 Å². The van der Waals surface area contributed by atoms with Crippen molar-refractivity contribution in [3.05, 3.63) is 59.8 Å². The quantitative estimate of drug-likeness (QED) is 0.577. The molecule has 164 valence electrons. The zero-order chi connectivity index (χ0) is 22.5. The SMILES string of the molecule is COc1ccc(-c2nc(NC(=O)C3(c4ccc5c(c4)CC(F)(F)S5)CC3)ccc2O)cn1. The summed E-state index contributed by atoms with van der Waals surface area (Å²) in [5, 5.41) is 10.3. The second kappa shape index (κ2) is 7.44. The first-order valence-corrected chi connectivity index (χ1v) is 10.8. The number of anilines is 1. The van der Waals surface area contributed by atoms with Crippen LogP contribution in [0.4, 0.5) is 14.6 Å². The molecule has 0 spiro atoms. The van der Waals surface area contributed by atoms with Crippen LogP contribution in [0.25, 0.3) is 11.3 Å². The summed E-state index contributed by atoms with van der Waals surface area (Å²) in [6.45, 7) is 0. The molecule has 2 N–H and O–H groups in total. The number of amides is 1. The summed E-state index contributed by atoms with van der Waals surface area (Å²) >= 11 is 0.567. The average Bonchev–Trinajstić information content (AvgIpc) is 3.52. The van der Waals surface area contributed by atoms with Gasteiger partial charge in [0.1, 0.15) is 17.3 Å². The number of aromatic hydroxyl groups is 1. The average molecular weight is 455 g/mol. The number of hydrogen-bond acceptors (Lipinski definition) is 6. The Bertz CT molecular complexity index is 1210. The third-order valence-corrected chi connectivity index (χ3v) is 6.85. The Morgan fingerprint density at radius 1 is 1.19 bits per heavy atom. The number of alkyl halides is 2. The molecule has 3 heterocycles. The molecule has 1 aromatic carbocycles. The number of nitrogens with one attached hydrogen (secondary N) is 1. The molecule has 5 rings (SSSR count). The van der Waals surface area contributed by atoms with Gasteiger partial charge in [-0.3, -0.25) is 4.79 Å². The number of rotatable bonds is 5. The Kier molecular flexibility index (Phi) is 4.81. The van der Waals surface area contributed by atoms with Crippen molar-refractivity contribution in [1.29, 1.82) is 0 Å². The molecule has 0 radical (unpaired) electrons. The minimum absolute atomic E-state index is 0.0480. The highest BCUT2D eigenvalue weighted by atomic mass is 32.2. The van der Waals surface area contributed by atoms with Gasteiger partial charge in [0, 0.05) is 29.1 Å². The molecule has 1 aliphatic heterocycles. The van der Waals surface area contributed by atoms with Crippen LogP contribution in [0.1, 0.15) is 24.0 Å². The molecular formula is C23H19F2N3O3S. The largest absolute Gasteiger partial charge is 0.506 e. The second-order valence-corrected chi connectivity index (χ2v) is 9.17. The van der Waals surface area contributed by atoms with Gasteiger partial charge >= 0.3 is 5.25 Å². The number of methoxy groups -OCH3 is 1. The first-order chi connectivity index (χ1) is 15.3. The van der Waals surface area contributed by atoms with E-state index in [0.717, 1.165) is 5.56 Å². The number of fused-ring (bicyclic) bond motifs is 1. The monoisotopic (exact) mass is 455 g/mol. The summed E-state index contributed by atoms with van der Waals surface area (Å²) in [5.74, 6) is 0.423. The summed E-state index contributed by atoms with van der Waals surface area (Å²) in [6.07, 6.45) is 2.47. The third kappa shape index (κ3) is 3.66. The zero-order valence-electron chi connectivity index (χ0n) is 17.1. The third-order valence-electron chi connectivity index (χ3n) is 5.79. The predicted octanol–water partition coefficient (Wildman–Crippen LogP) is 4.77. The van der Waals surface area contributed by atoms with Crippen LogP contribution in [0.2, 0.25) is 0 Å². The van der Waals surface area contributed by atoms with Gasteiger partial charge in [-0.25, -0.2) is 9.97 Å². The first kappa shape index (κ1) is 20.7. The van der Waals surface area contributed by atoms with Crippen molar-refractivity contribution < 1.29 is 23.4 Å². The minimum Gasteiger partial charge on any atom is -0.506 e. The number of nitrogens with zero attached hydrogens (tertiary/aromatic N) is 2. The molecule has 1 fully saturated rings. The van der Waals surface area contributed by atoms with Crippen LogP contribution in [0.3, 0.4) is 0 Å². The molecule has 1 saturated carbocycles. The molecule has 2 aromatic heterocycles. The predicted molar refractivity (Wildman–Crippen MR) is 116 cm³/mol. The molecular weight excluding hydrogens is 436 g/mol. The van der Waals surface area contributed by atoms with E-state index in [1.165, 1.54) is 25.4 Å². The lowest BCUT2D eigenvalue weighted by atomic mass is 9.92. The van der Waals surface area contributed by atoms with Crippen LogP contribution in [-0.2, 0) is 16.6 Å².